The van der Waals surface area contributed by atoms with E-state index in [-0.39, 0.29) is 0 Å². The summed E-state index contributed by atoms with van der Waals surface area (Å²) in [6.45, 7) is 0. The molecule has 11 aromatic rings. The van der Waals surface area contributed by atoms with E-state index in [1.807, 2.05) is 17.4 Å². The number of anilines is 3. The van der Waals surface area contributed by atoms with Gasteiger partial charge in [0.2, 0.25) is 0 Å². The van der Waals surface area contributed by atoms with E-state index in [0.717, 1.165) is 70.9 Å². The smallest absolute Gasteiger partial charge is 0.159 e. The zero-order chi connectivity index (χ0) is 35.6. The molecule has 0 atom stereocenters. The number of benzene rings is 8. The van der Waals surface area contributed by atoms with Crippen molar-refractivity contribution in [2.45, 2.75) is 0 Å². The number of rotatable bonds is 6. The molecule has 8 aromatic carbocycles. The van der Waals surface area contributed by atoms with Crippen LogP contribution in [-0.2, 0) is 0 Å². The topological polar surface area (TPSA) is 29.3 Å². The highest BCUT2D eigenvalue weighted by Crippen LogP contribution is 2.48. The van der Waals surface area contributed by atoms with Crippen LogP contribution in [0, 0.1) is 0 Å². The summed E-state index contributed by atoms with van der Waals surface area (Å²) in [5.41, 5.74) is 11.6. The van der Waals surface area contributed by atoms with Crippen LogP contribution >= 0.6 is 22.7 Å². The lowest BCUT2D eigenvalue weighted by Gasteiger charge is -2.28. The molecule has 0 unspecified atom stereocenters. The molecule has 5 heteroatoms. The van der Waals surface area contributed by atoms with Crippen LogP contribution in [0.5, 0.6) is 0 Å². The second-order valence-corrected chi connectivity index (χ2v) is 15.5. The molecule has 3 nitrogen and oxygen atoms in total. The third kappa shape index (κ3) is 4.97. The highest BCUT2D eigenvalue weighted by Gasteiger charge is 2.23. The minimum Gasteiger partial charge on any atom is -0.454 e. The molecule has 11 rings (SSSR count). The molecule has 3 aromatic heterocycles. The average molecular weight is 727 g/mol. The Bertz CT molecular complexity index is 3160. The van der Waals surface area contributed by atoms with Crippen molar-refractivity contribution in [2.24, 2.45) is 0 Å². The predicted octanol–water partition coefficient (Wildman–Crippen LogP) is 15.0. The monoisotopic (exact) mass is 726 g/mol. The second-order valence-electron chi connectivity index (χ2n) is 13.5. The Morgan fingerprint density at radius 3 is 1.94 bits per heavy atom. The first-order valence-corrected chi connectivity index (χ1v) is 19.7. The number of fused-ring (bicyclic) bond motifs is 8. The van der Waals surface area contributed by atoms with Crippen LogP contribution in [0.15, 0.2) is 186 Å². The molecule has 0 aliphatic heterocycles. The third-order valence-electron chi connectivity index (χ3n) is 10.3. The summed E-state index contributed by atoms with van der Waals surface area (Å²) >= 11 is 3.59. The SMILES string of the molecule is c1ccc(-c2nc3ccc4oc5c(N(c6ccc(-c7cccc8c7sc7ccccc78)cc6)c6ccccc6-c6ccccc6)cccc5c4c3s2)cc1. The van der Waals surface area contributed by atoms with Gasteiger partial charge in [0.25, 0.3) is 0 Å². The lowest BCUT2D eigenvalue weighted by molar-refractivity contribution is 0.669. The fraction of sp³-hybridized carbons (Fsp3) is 0. The molecular formula is C49H30N2OS2. The lowest BCUT2D eigenvalue weighted by Crippen LogP contribution is -2.11. The van der Waals surface area contributed by atoms with Gasteiger partial charge in [0.05, 0.1) is 21.6 Å². The quantitative estimate of drug-likeness (QED) is 0.171. The Balaban J connectivity index is 1.11. The van der Waals surface area contributed by atoms with E-state index >= 15 is 0 Å². The van der Waals surface area contributed by atoms with Gasteiger partial charge in [-0.15, -0.1) is 22.7 Å². The standard InChI is InChI=1S/C49H30N2OS2/c1-3-13-31(14-4-1)35-17-7-9-22-41(35)51(34-27-25-32(26-28-34)36-19-11-20-38-37-18-8-10-24-44(37)53-47(36)38)42-23-12-21-39-45-43(52-46(39)42)30-29-40-48(45)54-49(50-40)33-15-5-2-6-16-33/h1-30H. The lowest BCUT2D eigenvalue weighted by atomic mass is 10.00. The molecule has 0 bridgehead atoms. The predicted molar refractivity (Wildman–Crippen MR) is 231 cm³/mol. The van der Waals surface area contributed by atoms with Crippen molar-refractivity contribution in [3.8, 4) is 32.8 Å². The van der Waals surface area contributed by atoms with Crippen LogP contribution < -0.4 is 4.90 Å². The van der Waals surface area contributed by atoms with Crippen LogP contribution in [0.1, 0.15) is 0 Å². The van der Waals surface area contributed by atoms with Gasteiger partial charge in [-0.25, -0.2) is 4.98 Å². The number of thiazole rings is 1. The Morgan fingerprint density at radius 1 is 0.444 bits per heavy atom. The summed E-state index contributed by atoms with van der Waals surface area (Å²) in [5, 5.41) is 5.80. The molecule has 0 amide bonds. The van der Waals surface area contributed by atoms with Crippen LogP contribution in [0.3, 0.4) is 0 Å². The first kappa shape index (κ1) is 31.0. The third-order valence-corrected chi connectivity index (χ3v) is 12.7. The van der Waals surface area contributed by atoms with Gasteiger partial charge < -0.3 is 9.32 Å². The highest BCUT2D eigenvalue weighted by molar-refractivity contribution is 7.26. The summed E-state index contributed by atoms with van der Waals surface area (Å²) in [4.78, 5) is 7.41. The molecule has 54 heavy (non-hydrogen) atoms. The van der Waals surface area contributed by atoms with E-state index in [0.29, 0.717) is 0 Å². The van der Waals surface area contributed by atoms with Gasteiger partial charge in [0.15, 0.2) is 5.58 Å². The van der Waals surface area contributed by atoms with E-state index in [1.165, 1.54) is 31.3 Å². The summed E-state index contributed by atoms with van der Waals surface area (Å²) in [6, 6.07) is 64.7. The summed E-state index contributed by atoms with van der Waals surface area (Å²) < 4.78 is 10.6. The Labute approximate surface area is 319 Å². The molecule has 0 aliphatic carbocycles. The molecule has 254 valence electrons. The number of hydrogen-bond acceptors (Lipinski definition) is 5. The van der Waals surface area contributed by atoms with E-state index in [9.17, 15) is 0 Å². The first-order chi connectivity index (χ1) is 26.8. The van der Waals surface area contributed by atoms with Crippen molar-refractivity contribution in [1.82, 2.24) is 4.98 Å². The molecule has 0 aliphatic rings. The van der Waals surface area contributed by atoms with Gasteiger partial charge in [-0.1, -0.05) is 140 Å². The molecule has 0 saturated carbocycles. The molecule has 0 fully saturated rings. The van der Waals surface area contributed by atoms with Crippen LogP contribution in [0.4, 0.5) is 17.1 Å². The van der Waals surface area contributed by atoms with Crippen molar-refractivity contribution >= 4 is 92.1 Å². The van der Waals surface area contributed by atoms with E-state index in [2.05, 4.69) is 181 Å². The van der Waals surface area contributed by atoms with Crippen molar-refractivity contribution in [3.05, 3.63) is 182 Å². The number of thiophene rings is 1. The van der Waals surface area contributed by atoms with E-state index in [4.69, 9.17) is 9.40 Å². The normalized spacial score (nSPS) is 11.7. The summed E-state index contributed by atoms with van der Waals surface area (Å²) in [6.07, 6.45) is 0. The van der Waals surface area contributed by atoms with E-state index in [1.54, 1.807) is 11.3 Å². The van der Waals surface area contributed by atoms with Gasteiger partial charge in [0.1, 0.15) is 10.6 Å². The summed E-state index contributed by atoms with van der Waals surface area (Å²) in [5.74, 6) is 0. The molecule has 0 N–H and O–H groups in total. The van der Waals surface area contributed by atoms with Crippen LogP contribution in [0.25, 0.3) is 85.2 Å². The number of furan rings is 1. The van der Waals surface area contributed by atoms with Crippen molar-refractivity contribution in [1.29, 1.82) is 0 Å². The molecule has 0 spiro atoms. The van der Waals surface area contributed by atoms with Crippen molar-refractivity contribution < 1.29 is 4.42 Å². The fourth-order valence-corrected chi connectivity index (χ4v) is 10.2. The maximum atomic E-state index is 6.88. The molecule has 3 heterocycles. The van der Waals surface area contributed by atoms with Crippen molar-refractivity contribution in [2.75, 3.05) is 4.90 Å². The average Bonchev–Trinajstić information content (AvgIpc) is 3.96. The Hall–Kier alpha value is -6.53. The summed E-state index contributed by atoms with van der Waals surface area (Å²) in [7, 11) is 0. The Morgan fingerprint density at radius 2 is 1.09 bits per heavy atom. The zero-order valence-corrected chi connectivity index (χ0v) is 30.6. The fourth-order valence-electron chi connectivity index (χ4n) is 7.84. The van der Waals surface area contributed by atoms with Gasteiger partial charge in [0, 0.05) is 47.8 Å². The molecule has 0 saturated heterocycles. The zero-order valence-electron chi connectivity index (χ0n) is 28.9. The highest BCUT2D eigenvalue weighted by atomic mass is 32.1. The second kappa shape index (κ2) is 12.6. The Kier molecular flexibility index (Phi) is 7.22. The largest absolute Gasteiger partial charge is 0.454 e. The van der Waals surface area contributed by atoms with Crippen LogP contribution in [0.2, 0.25) is 0 Å². The maximum absolute atomic E-state index is 6.88. The number of nitrogens with zero attached hydrogens (tertiary/aromatic N) is 2. The molecular weight excluding hydrogens is 697 g/mol. The van der Waals surface area contributed by atoms with Gasteiger partial charge in [-0.2, -0.15) is 0 Å². The van der Waals surface area contributed by atoms with Crippen LogP contribution in [-0.4, -0.2) is 4.98 Å². The minimum absolute atomic E-state index is 0.844. The maximum Gasteiger partial charge on any atom is 0.159 e. The first-order valence-electron chi connectivity index (χ1n) is 18.0. The number of hydrogen-bond donors (Lipinski definition) is 0. The number of para-hydroxylation sites is 2. The van der Waals surface area contributed by atoms with Gasteiger partial charge in [-0.3, -0.25) is 0 Å². The van der Waals surface area contributed by atoms with E-state index < -0.39 is 0 Å². The number of aromatic nitrogens is 1. The van der Waals surface area contributed by atoms with Gasteiger partial charge >= 0.3 is 0 Å². The molecule has 0 radical (unpaired) electrons. The minimum atomic E-state index is 0.844. The van der Waals surface area contributed by atoms with Gasteiger partial charge in [-0.05, 0) is 59.2 Å². The van der Waals surface area contributed by atoms with Crippen molar-refractivity contribution in [3.63, 3.8) is 0 Å².